The van der Waals surface area contributed by atoms with E-state index < -0.39 is 0 Å². The Labute approximate surface area is 118 Å². The van der Waals surface area contributed by atoms with Gasteiger partial charge in [0.25, 0.3) is 0 Å². The summed E-state index contributed by atoms with van der Waals surface area (Å²) in [6.45, 7) is 1.96. The van der Waals surface area contributed by atoms with E-state index in [0.717, 1.165) is 12.8 Å². The van der Waals surface area contributed by atoms with E-state index in [1.807, 2.05) is 6.07 Å². The first-order valence-corrected chi connectivity index (χ1v) is 6.68. The Hall–Kier alpha value is -2.35. The van der Waals surface area contributed by atoms with Crippen LogP contribution in [0.4, 0.5) is 5.69 Å². The Morgan fingerprint density at radius 2 is 2.10 bits per heavy atom. The molecule has 104 valence electrons. The second-order valence-corrected chi connectivity index (χ2v) is 4.90. The number of hydrogen-bond donors (Lipinski definition) is 1. The third-order valence-corrected chi connectivity index (χ3v) is 3.29. The van der Waals surface area contributed by atoms with Crippen molar-refractivity contribution in [1.82, 2.24) is 4.90 Å². The van der Waals surface area contributed by atoms with Gasteiger partial charge in [-0.25, -0.2) is 0 Å². The lowest BCUT2D eigenvalue weighted by Crippen LogP contribution is -2.33. The maximum Gasteiger partial charge on any atom is 0.226 e. The minimum Gasteiger partial charge on any atom is -0.339 e. The molecule has 0 heterocycles. The highest BCUT2D eigenvalue weighted by molar-refractivity contribution is 5.92. The fourth-order valence-electron chi connectivity index (χ4n) is 2.11. The van der Waals surface area contributed by atoms with E-state index in [0.29, 0.717) is 23.8 Å². The van der Waals surface area contributed by atoms with Crippen LogP contribution >= 0.6 is 0 Å². The van der Waals surface area contributed by atoms with Crippen molar-refractivity contribution in [2.45, 2.75) is 32.2 Å². The molecule has 1 aromatic carbocycles. The summed E-state index contributed by atoms with van der Waals surface area (Å²) in [6.07, 6.45) is 2.30. The van der Waals surface area contributed by atoms with Crippen LogP contribution in [0.3, 0.4) is 0 Å². The molecule has 2 amide bonds. The van der Waals surface area contributed by atoms with Gasteiger partial charge in [-0.05, 0) is 25.0 Å². The SMILES string of the molecule is CC(=O)N(CCC(=O)Nc1ccccc1C#N)C1CC1. The van der Waals surface area contributed by atoms with Gasteiger partial charge in [0, 0.05) is 25.9 Å². The van der Waals surface area contributed by atoms with E-state index in [2.05, 4.69) is 5.32 Å². The van der Waals surface area contributed by atoms with Crippen molar-refractivity contribution in [3.05, 3.63) is 29.8 Å². The average Bonchev–Trinajstić information content (AvgIpc) is 3.24. The van der Waals surface area contributed by atoms with Crippen LogP contribution in [0.2, 0.25) is 0 Å². The zero-order valence-electron chi connectivity index (χ0n) is 11.4. The van der Waals surface area contributed by atoms with Crippen LogP contribution in [0, 0.1) is 11.3 Å². The third-order valence-electron chi connectivity index (χ3n) is 3.29. The van der Waals surface area contributed by atoms with Crippen molar-refractivity contribution in [3.63, 3.8) is 0 Å². The van der Waals surface area contributed by atoms with Crippen LogP contribution in [-0.4, -0.2) is 29.3 Å². The zero-order valence-corrected chi connectivity index (χ0v) is 11.4. The highest BCUT2D eigenvalue weighted by Crippen LogP contribution is 2.27. The van der Waals surface area contributed by atoms with Crippen LogP contribution in [0.25, 0.3) is 0 Å². The number of nitrogens with zero attached hydrogens (tertiary/aromatic N) is 2. The molecule has 0 aliphatic heterocycles. The van der Waals surface area contributed by atoms with Gasteiger partial charge in [0.05, 0.1) is 11.3 Å². The Balaban J connectivity index is 1.89. The molecule has 0 saturated heterocycles. The Kier molecular flexibility index (Phi) is 4.36. The summed E-state index contributed by atoms with van der Waals surface area (Å²) in [6, 6.07) is 9.21. The number of rotatable bonds is 5. The number of hydrogen-bond acceptors (Lipinski definition) is 3. The van der Waals surface area contributed by atoms with Crippen LogP contribution in [0.1, 0.15) is 31.7 Å². The van der Waals surface area contributed by atoms with E-state index in [1.54, 1.807) is 29.2 Å². The minimum atomic E-state index is -0.181. The molecule has 1 N–H and O–H groups in total. The molecule has 2 rings (SSSR count). The van der Waals surface area contributed by atoms with Gasteiger partial charge in [0.1, 0.15) is 6.07 Å². The van der Waals surface area contributed by atoms with Crippen LogP contribution in [0.5, 0.6) is 0 Å². The first kappa shape index (κ1) is 14.1. The second kappa shape index (κ2) is 6.20. The predicted octanol–water partition coefficient (Wildman–Crippen LogP) is 1.90. The highest BCUT2D eigenvalue weighted by atomic mass is 16.2. The summed E-state index contributed by atoms with van der Waals surface area (Å²) in [7, 11) is 0. The molecule has 5 nitrogen and oxygen atoms in total. The van der Waals surface area contributed by atoms with Gasteiger partial charge in [-0.2, -0.15) is 5.26 Å². The normalized spacial score (nSPS) is 13.4. The van der Waals surface area contributed by atoms with Gasteiger partial charge in [-0.15, -0.1) is 0 Å². The molecule has 0 spiro atoms. The summed E-state index contributed by atoms with van der Waals surface area (Å²) >= 11 is 0. The van der Waals surface area contributed by atoms with Crippen molar-refractivity contribution in [1.29, 1.82) is 5.26 Å². The highest BCUT2D eigenvalue weighted by Gasteiger charge is 2.30. The molecule has 0 bridgehead atoms. The Morgan fingerprint density at radius 1 is 1.40 bits per heavy atom. The van der Waals surface area contributed by atoms with E-state index in [9.17, 15) is 9.59 Å². The monoisotopic (exact) mass is 271 g/mol. The molecule has 0 aromatic heterocycles. The number of amides is 2. The van der Waals surface area contributed by atoms with Gasteiger partial charge in [-0.1, -0.05) is 12.1 Å². The molecule has 0 atom stereocenters. The fraction of sp³-hybridized carbons (Fsp3) is 0.400. The minimum absolute atomic E-state index is 0.0118. The van der Waals surface area contributed by atoms with E-state index in [1.165, 1.54) is 6.92 Å². The van der Waals surface area contributed by atoms with Gasteiger partial charge in [0.2, 0.25) is 11.8 Å². The lowest BCUT2D eigenvalue weighted by Gasteiger charge is -2.20. The lowest BCUT2D eigenvalue weighted by atomic mass is 10.2. The van der Waals surface area contributed by atoms with Gasteiger partial charge in [0.15, 0.2) is 0 Å². The number of carbonyl (C=O) groups excluding carboxylic acids is 2. The van der Waals surface area contributed by atoms with Crippen molar-refractivity contribution in [2.24, 2.45) is 0 Å². The quantitative estimate of drug-likeness (QED) is 0.888. The standard InChI is InChI=1S/C15H17N3O2/c1-11(19)18(13-6-7-13)9-8-15(20)17-14-5-3-2-4-12(14)10-16/h2-5,13H,6-9H2,1H3,(H,17,20). The summed E-state index contributed by atoms with van der Waals surface area (Å²) in [5.41, 5.74) is 0.951. The van der Waals surface area contributed by atoms with Crippen LogP contribution < -0.4 is 5.32 Å². The molecular weight excluding hydrogens is 254 g/mol. The molecule has 1 aromatic rings. The molecule has 5 heteroatoms. The smallest absolute Gasteiger partial charge is 0.226 e. The van der Waals surface area contributed by atoms with Crippen LogP contribution in [-0.2, 0) is 9.59 Å². The average molecular weight is 271 g/mol. The lowest BCUT2D eigenvalue weighted by molar-refractivity contribution is -0.129. The summed E-state index contributed by atoms with van der Waals surface area (Å²) in [5.74, 6) is -0.169. The molecule has 1 saturated carbocycles. The zero-order chi connectivity index (χ0) is 14.5. The summed E-state index contributed by atoms with van der Waals surface area (Å²) in [5, 5.41) is 11.7. The largest absolute Gasteiger partial charge is 0.339 e. The number of nitrogens with one attached hydrogen (secondary N) is 1. The molecular formula is C15H17N3O2. The van der Waals surface area contributed by atoms with Gasteiger partial charge in [-0.3, -0.25) is 9.59 Å². The first-order valence-electron chi connectivity index (χ1n) is 6.68. The fourth-order valence-corrected chi connectivity index (χ4v) is 2.11. The molecule has 0 unspecified atom stereocenters. The number of anilines is 1. The number of nitriles is 1. The Morgan fingerprint density at radius 3 is 2.70 bits per heavy atom. The van der Waals surface area contributed by atoms with E-state index >= 15 is 0 Å². The molecule has 0 radical (unpaired) electrons. The molecule has 1 aliphatic rings. The Bertz CT molecular complexity index is 558. The number of para-hydroxylation sites is 1. The number of carbonyl (C=O) groups is 2. The van der Waals surface area contributed by atoms with Crippen molar-refractivity contribution in [3.8, 4) is 6.07 Å². The van der Waals surface area contributed by atoms with E-state index in [-0.39, 0.29) is 18.2 Å². The maximum atomic E-state index is 11.9. The molecule has 1 aliphatic carbocycles. The van der Waals surface area contributed by atoms with Crippen molar-refractivity contribution < 1.29 is 9.59 Å². The molecule has 20 heavy (non-hydrogen) atoms. The van der Waals surface area contributed by atoms with Crippen LogP contribution in [0.15, 0.2) is 24.3 Å². The first-order chi connectivity index (χ1) is 9.61. The molecule has 1 fully saturated rings. The summed E-state index contributed by atoms with van der Waals surface area (Å²) in [4.78, 5) is 25.1. The van der Waals surface area contributed by atoms with Gasteiger partial charge < -0.3 is 10.2 Å². The van der Waals surface area contributed by atoms with Crippen molar-refractivity contribution >= 4 is 17.5 Å². The van der Waals surface area contributed by atoms with Crippen molar-refractivity contribution in [2.75, 3.05) is 11.9 Å². The second-order valence-electron chi connectivity index (χ2n) is 4.90. The predicted molar refractivity (Wildman–Crippen MR) is 74.8 cm³/mol. The topological polar surface area (TPSA) is 73.2 Å². The number of benzene rings is 1. The summed E-state index contributed by atoms with van der Waals surface area (Å²) < 4.78 is 0. The maximum absolute atomic E-state index is 11.9. The van der Waals surface area contributed by atoms with Gasteiger partial charge >= 0.3 is 0 Å². The van der Waals surface area contributed by atoms with E-state index in [4.69, 9.17) is 5.26 Å². The third kappa shape index (κ3) is 3.58.